The molecule has 12 heavy (non-hydrogen) atoms. The van der Waals surface area contributed by atoms with Gasteiger partial charge in [-0.15, -0.1) is 0 Å². The summed E-state index contributed by atoms with van der Waals surface area (Å²) >= 11 is 1.96. The van der Waals surface area contributed by atoms with E-state index >= 15 is 0 Å². The summed E-state index contributed by atoms with van der Waals surface area (Å²) in [7, 11) is 0. The SMILES string of the molecule is CC#CC(=O)NCC1CCSC1. The zero-order chi connectivity index (χ0) is 8.81. The van der Waals surface area contributed by atoms with Gasteiger partial charge in [0.05, 0.1) is 0 Å². The van der Waals surface area contributed by atoms with Gasteiger partial charge in [0, 0.05) is 6.54 Å². The summed E-state index contributed by atoms with van der Waals surface area (Å²) in [4.78, 5) is 10.9. The fourth-order valence-electron chi connectivity index (χ4n) is 1.14. The molecule has 0 spiro atoms. The topological polar surface area (TPSA) is 29.1 Å². The third-order valence-electron chi connectivity index (χ3n) is 1.81. The van der Waals surface area contributed by atoms with Gasteiger partial charge in [-0.25, -0.2) is 0 Å². The van der Waals surface area contributed by atoms with Crippen molar-refractivity contribution in [2.24, 2.45) is 5.92 Å². The van der Waals surface area contributed by atoms with E-state index in [0.29, 0.717) is 5.92 Å². The quantitative estimate of drug-likeness (QED) is 0.644. The Morgan fingerprint density at radius 3 is 3.17 bits per heavy atom. The molecule has 1 heterocycles. The molecule has 1 aliphatic rings. The van der Waals surface area contributed by atoms with Gasteiger partial charge in [-0.3, -0.25) is 4.79 Å². The fourth-order valence-corrected chi connectivity index (χ4v) is 2.42. The van der Waals surface area contributed by atoms with Crippen LogP contribution in [0.15, 0.2) is 0 Å². The van der Waals surface area contributed by atoms with E-state index in [4.69, 9.17) is 0 Å². The molecule has 1 fully saturated rings. The molecule has 1 rings (SSSR count). The molecular weight excluding hydrogens is 170 g/mol. The summed E-state index contributed by atoms with van der Waals surface area (Å²) in [5, 5.41) is 2.80. The van der Waals surface area contributed by atoms with Crippen LogP contribution < -0.4 is 5.32 Å². The first-order valence-corrected chi connectivity index (χ1v) is 5.26. The zero-order valence-electron chi connectivity index (χ0n) is 7.22. The average molecular weight is 183 g/mol. The highest BCUT2D eigenvalue weighted by molar-refractivity contribution is 7.99. The van der Waals surface area contributed by atoms with Crippen LogP contribution in [0.25, 0.3) is 0 Å². The molecule has 1 unspecified atom stereocenters. The summed E-state index contributed by atoms with van der Waals surface area (Å²) in [6.45, 7) is 2.46. The zero-order valence-corrected chi connectivity index (χ0v) is 8.04. The van der Waals surface area contributed by atoms with Gasteiger partial charge in [-0.2, -0.15) is 11.8 Å². The Hall–Kier alpha value is -0.620. The van der Waals surface area contributed by atoms with E-state index in [-0.39, 0.29) is 5.91 Å². The number of nitrogens with one attached hydrogen (secondary N) is 1. The molecule has 2 nitrogen and oxygen atoms in total. The van der Waals surface area contributed by atoms with Crippen LogP contribution in [-0.4, -0.2) is 24.0 Å². The normalized spacial score (nSPS) is 21.2. The van der Waals surface area contributed by atoms with E-state index in [9.17, 15) is 4.79 Å². The van der Waals surface area contributed by atoms with Crippen LogP contribution in [0, 0.1) is 17.8 Å². The number of carbonyl (C=O) groups is 1. The van der Waals surface area contributed by atoms with E-state index in [1.807, 2.05) is 11.8 Å². The molecule has 0 aromatic rings. The molecule has 1 atom stereocenters. The molecule has 0 radical (unpaired) electrons. The van der Waals surface area contributed by atoms with Crippen LogP contribution in [0.3, 0.4) is 0 Å². The highest BCUT2D eigenvalue weighted by Gasteiger charge is 2.15. The van der Waals surface area contributed by atoms with Crippen molar-refractivity contribution in [1.29, 1.82) is 0 Å². The van der Waals surface area contributed by atoms with Crippen LogP contribution in [0.2, 0.25) is 0 Å². The maximum absolute atomic E-state index is 10.9. The largest absolute Gasteiger partial charge is 0.345 e. The standard InChI is InChI=1S/C9H13NOS/c1-2-3-9(11)10-6-8-4-5-12-7-8/h8H,4-7H2,1H3,(H,10,11). The smallest absolute Gasteiger partial charge is 0.295 e. The van der Waals surface area contributed by atoms with Crippen molar-refractivity contribution in [3.8, 4) is 11.8 Å². The molecule has 1 amide bonds. The second-order valence-corrected chi connectivity index (χ2v) is 3.96. The van der Waals surface area contributed by atoms with Gasteiger partial charge in [0.15, 0.2) is 0 Å². The summed E-state index contributed by atoms with van der Waals surface area (Å²) in [5.41, 5.74) is 0. The van der Waals surface area contributed by atoms with Gasteiger partial charge >= 0.3 is 0 Å². The third kappa shape index (κ3) is 3.19. The molecule has 0 saturated carbocycles. The minimum absolute atomic E-state index is 0.144. The minimum atomic E-state index is -0.144. The Labute approximate surface area is 77.5 Å². The van der Waals surface area contributed by atoms with Gasteiger partial charge in [0.2, 0.25) is 0 Å². The number of hydrogen-bond donors (Lipinski definition) is 1. The van der Waals surface area contributed by atoms with Crippen molar-refractivity contribution in [3.63, 3.8) is 0 Å². The first kappa shape index (κ1) is 9.47. The molecule has 1 N–H and O–H groups in total. The lowest BCUT2D eigenvalue weighted by molar-refractivity contribution is -0.115. The summed E-state index contributed by atoms with van der Waals surface area (Å²) in [5.74, 6) is 7.98. The Kier molecular flexibility index (Phi) is 4.02. The number of thioether (sulfide) groups is 1. The summed E-state index contributed by atoms with van der Waals surface area (Å²) in [6.07, 6.45) is 1.23. The second kappa shape index (κ2) is 5.10. The van der Waals surface area contributed by atoms with E-state index in [0.717, 1.165) is 6.54 Å². The van der Waals surface area contributed by atoms with Gasteiger partial charge in [0.25, 0.3) is 5.91 Å². The molecule has 1 saturated heterocycles. The summed E-state index contributed by atoms with van der Waals surface area (Å²) < 4.78 is 0. The molecular formula is C9H13NOS. The Balaban J connectivity index is 2.14. The molecule has 0 bridgehead atoms. The van der Waals surface area contributed by atoms with Crippen molar-refractivity contribution in [3.05, 3.63) is 0 Å². The van der Waals surface area contributed by atoms with Crippen molar-refractivity contribution in [2.75, 3.05) is 18.1 Å². The Bertz CT molecular complexity index is 210. The third-order valence-corrected chi connectivity index (χ3v) is 3.05. The lowest BCUT2D eigenvalue weighted by Crippen LogP contribution is -2.27. The molecule has 0 aromatic heterocycles. The van der Waals surface area contributed by atoms with Gasteiger partial charge in [-0.1, -0.05) is 5.92 Å². The molecule has 66 valence electrons. The maximum Gasteiger partial charge on any atom is 0.295 e. The van der Waals surface area contributed by atoms with E-state index in [1.54, 1.807) is 6.92 Å². The van der Waals surface area contributed by atoms with Gasteiger partial charge in [0.1, 0.15) is 0 Å². The van der Waals surface area contributed by atoms with Crippen molar-refractivity contribution in [1.82, 2.24) is 5.32 Å². The van der Waals surface area contributed by atoms with Gasteiger partial charge < -0.3 is 5.32 Å². The molecule has 1 aliphatic heterocycles. The Morgan fingerprint density at radius 1 is 1.75 bits per heavy atom. The fraction of sp³-hybridized carbons (Fsp3) is 0.667. The van der Waals surface area contributed by atoms with Crippen LogP contribution in [0.5, 0.6) is 0 Å². The van der Waals surface area contributed by atoms with Gasteiger partial charge in [-0.05, 0) is 36.7 Å². The first-order chi connectivity index (χ1) is 5.83. The predicted molar refractivity (Wildman–Crippen MR) is 51.9 cm³/mol. The highest BCUT2D eigenvalue weighted by Crippen LogP contribution is 2.22. The van der Waals surface area contributed by atoms with Crippen LogP contribution >= 0.6 is 11.8 Å². The van der Waals surface area contributed by atoms with E-state index in [1.165, 1.54) is 17.9 Å². The minimum Gasteiger partial charge on any atom is -0.345 e. The molecule has 3 heteroatoms. The first-order valence-electron chi connectivity index (χ1n) is 4.11. The van der Waals surface area contributed by atoms with Crippen LogP contribution in [0.1, 0.15) is 13.3 Å². The monoisotopic (exact) mass is 183 g/mol. The van der Waals surface area contributed by atoms with Crippen LogP contribution in [-0.2, 0) is 4.79 Å². The number of carbonyl (C=O) groups excluding carboxylic acids is 1. The lowest BCUT2D eigenvalue weighted by atomic mass is 10.1. The molecule has 0 aliphatic carbocycles. The second-order valence-electron chi connectivity index (χ2n) is 2.81. The number of amides is 1. The lowest BCUT2D eigenvalue weighted by Gasteiger charge is -2.06. The number of hydrogen-bond acceptors (Lipinski definition) is 2. The molecule has 0 aromatic carbocycles. The van der Waals surface area contributed by atoms with E-state index in [2.05, 4.69) is 17.2 Å². The van der Waals surface area contributed by atoms with Crippen LogP contribution in [0.4, 0.5) is 0 Å². The number of rotatable bonds is 2. The van der Waals surface area contributed by atoms with E-state index < -0.39 is 0 Å². The predicted octanol–water partition coefficient (Wildman–Crippen LogP) is 0.879. The van der Waals surface area contributed by atoms with Crippen molar-refractivity contribution < 1.29 is 4.79 Å². The average Bonchev–Trinajstić information content (AvgIpc) is 2.53. The van der Waals surface area contributed by atoms with Crippen molar-refractivity contribution in [2.45, 2.75) is 13.3 Å². The van der Waals surface area contributed by atoms with Crippen molar-refractivity contribution >= 4 is 17.7 Å². The Morgan fingerprint density at radius 2 is 2.58 bits per heavy atom. The highest BCUT2D eigenvalue weighted by atomic mass is 32.2. The maximum atomic E-state index is 10.9. The summed E-state index contributed by atoms with van der Waals surface area (Å²) in [6, 6.07) is 0.